The van der Waals surface area contributed by atoms with E-state index in [1.165, 1.54) is 6.07 Å². The van der Waals surface area contributed by atoms with Gasteiger partial charge in [0.25, 0.3) is 0 Å². The van der Waals surface area contributed by atoms with Crippen molar-refractivity contribution in [2.75, 3.05) is 13.7 Å². The summed E-state index contributed by atoms with van der Waals surface area (Å²) in [6.07, 6.45) is 0.825. The average Bonchev–Trinajstić information content (AvgIpc) is 2.17. The van der Waals surface area contributed by atoms with Crippen LogP contribution in [0, 0.1) is 5.82 Å². The van der Waals surface area contributed by atoms with Crippen LogP contribution < -0.4 is 5.32 Å². The van der Waals surface area contributed by atoms with Crippen LogP contribution in [0.4, 0.5) is 4.39 Å². The highest BCUT2D eigenvalue weighted by Crippen LogP contribution is 2.06. The summed E-state index contributed by atoms with van der Waals surface area (Å²) in [6.45, 7) is 4.86. The van der Waals surface area contributed by atoms with Gasteiger partial charge >= 0.3 is 0 Å². The van der Waals surface area contributed by atoms with Crippen LogP contribution in [0.1, 0.15) is 19.4 Å². The van der Waals surface area contributed by atoms with Crippen molar-refractivity contribution in [1.82, 2.24) is 5.32 Å². The fourth-order valence-corrected chi connectivity index (χ4v) is 1.86. The Hall–Kier alpha value is -0.930. The minimum Gasteiger partial charge on any atom is -0.383 e. The van der Waals surface area contributed by atoms with Crippen molar-refractivity contribution >= 4 is 0 Å². The molecular formula is C13H20FNO. The van der Waals surface area contributed by atoms with E-state index in [0.717, 1.165) is 12.0 Å². The van der Waals surface area contributed by atoms with E-state index in [1.54, 1.807) is 19.2 Å². The van der Waals surface area contributed by atoms with Crippen LogP contribution in [0.3, 0.4) is 0 Å². The van der Waals surface area contributed by atoms with Gasteiger partial charge in [0.1, 0.15) is 5.82 Å². The molecule has 0 fully saturated rings. The lowest BCUT2D eigenvalue weighted by Crippen LogP contribution is -2.38. The lowest BCUT2D eigenvalue weighted by molar-refractivity contribution is 0.167. The molecular weight excluding hydrogens is 205 g/mol. The number of hydrogen-bond donors (Lipinski definition) is 1. The molecule has 0 saturated carbocycles. The molecule has 0 bridgehead atoms. The number of hydrogen-bond acceptors (Lipinski definition) is 2. The third kappa shape index (κ3) is 4.73. The first-order valence-electron chi connectivity index (χ1n) is 5.61. The maximum absolute atomic E-state index is 13.0. The van der Waals surface area contributed by atoms with Gasteiger partial charge in [-0.3, -0.25) is 0 Å². The molecule has 16 heavy (non-hydrogen) atoms. The predicted octanol–water partition coefficient (Wildman–Crippen LogP) is 2.38. The third-order valence-electron chi connectivity index (χ3n) is 2.42. The molecule has 0 aliphatic rings. The summed E-state index contributed by atoms with van der Waals surface area (Å²) >= 11 is 0. The monoisotopic (exact) mass is 225 g/mol. The highest BCUT2D eigenvalue weighted by molar-refractivity contribution is 5.17. The summed E-state index contributed by atoms with van der Waals surface area (Å²) in [5.41, 5.74) is 1.02. The largest absolute Gasteiger partial charge is 0.383 e. The van der Waals surface area contributed by atoms with E-state index in [0.29, 0.717) is 18.7 Å². The van der Waals surface area contributed by atoms with Gasteiger partial charge < -0.3 is 10.1 Å². The molecule has 2 nitrogen and oxygen atoms in total. The van der Waals surface area contributed by atoms with E-state index in [-0.39, 0.29) is 5.82 Å². The molecule has 1 aromatic rings. The van der Waals surface area contributed by atoms with E-state index in [2.05, 4.69) is 19.2 Å². The Morgan fingerprint density at radius 2 is 2.06 bits per heavy atom. The van der Waals surface area contributed by atoms with E-state index < -0.39 is 0 Å². The van der Waals surface area contributed by atoms with Crippen molar-refractivity contribution in [2.45, 2.75) is 32.4 Å². The van der Waals surface area contributed by atoms with Crippen molar-refractivity contribution in [3.63, 3.8) is 0 Å². The van der Waals surface area contributed by atoms with Crippen molar-refractivity contribution in [2.24, 2.45) is 0 Å². The topological polar surface area (TPSA) is 21.3 Å². The molecule has 1 aromatic carbocycles. The van der Waals surface area contributed by atoms with E-state index in [9.17, 15) is 4.39 Å². The minimum atomic E-state index is -0.172. The first-order chi connectivity index (χ1) is 7.61. The van der Waals surface area contributed by atoms with Gasteiger partial charge in [-0.1, -0.05) is 12.1 Å². The van der Waals surface area contributed by atoms with Crippen LogP contribution in [-0.4, -0.2) is 25.8 Å². The van der Waals surface area contributed by atoms with Crippen LogP contribution >= 0.6 is 0 Å². The van der Waals surface area contributed by atoms with Gasteiger partial charge in [0, 0.05) is 19.2 Å². The van der Waals surface area contributed by atoms with Gasteiger partial charge in [-0.05, 0) is 38.0 Å². The fraction of sp³-hybridized carbons (Fsp3) is 0.538. The van der Waals surface area contributed by atoms with E-state index in [4.69, 9.17) is 4.74 Å². The maximum atomic E-state index is 13.0. The van der Waals surface area contributed by atoms with Crippen LogP contribution in [0.25, 0.3) is 0 Å². The van der Waals surface area contributed by atoms with Crippen molar-refractivity contribution in [3.8, 4) is 0 Å². The summed E-state index contributed by atoms with van der Waals surface area (Å²) in [5.74, 6) is -0.172. The molecule has 0 saturated heterocycles. The number of methoxy groups -OCH3 is 1. The summed E-state index contributed by atoms with van der Waals surface area (Å²) in [4.78, 5) is 0. The first-order valence-corrected chi connectivity index (χ1v) is 5.61. The number of halogens is 1. The number of nitrogens with one attached hydrogen (secondary N) is 1. The Kier molecular flexibility index (Phi) is 5.43. The highest BCUT2D eigenvalue weighted by atomic mass is 19.1. The summed E-state index contributed by atoms with van der Waals surface area (Å²) in [5, 5.41) is 3.40. The van der Waals surface area contributed by atoms with Crippen molar-refractivity contribution < 1.29 is 9.13 Å². The molecule has 1 N–H and O–H groups in total. The zero-order valence-electron chi connectivity index (χ0n) is 10.2. The second-order valence-corrected chi connectivity index (χ2v) is 4.26. The smallest absolute Gasteiger partial charge is 0.123 e. The second-order valence-electron chi connectivity index (χ2n) is 4.26. The average molecular weight is 225 g/mol. The standard InChI is InChI=1S/C13H20FNO/c1-10(15-11(2)9-16-3)7-12-5-4-6-13(14)8-12/h4-6,8,10-11,15H,7,9H2,1-3H3. The maximum Gasteiger partial charge on any atom is 0.123 e. The molecule has 3 heteroatoms. The van der Waals surface area contributed by atoms with Gasteiger partial charge in [0.05, 0.1) is 6.61 Å². The molecule has 90 valence electrons. The Balaban J connectivity index is 2.42. The zero-order chi connectivity index (χ0) is 12.0. The molecule has 0 amide bonds. The Morgan fingerprint density at radius 3 is 2.69 bits per heavy atom. The van der Waals surface area contributed by atoms with Crippen LogP contribution in [0.15, 0.2) is 24.3 Å². The first kappa shape index (κ1) is 13.1. The van der Waals surface area contributed by atoms with E-state index >= 15 is 0 Å². The minimum absolute atomic E-state index is 0.172. The highest BCUT2D eigenvalue weighted by Gasteiger charge is 2.08. The SMILES string of the molecule is COCC(C)NC(C)Cc1cccc(F)c1. The normalized spacial score (nSPS) is 14.8. The molecule has 0 aliphatic heterocycles. The molecule has 0 aromatic heterocycles. The summed E-state index contributed by atoms with van der Waals surface area (Å²) in [6, 6.07) is 7.37. The van der Waals surface area contributed by atoms with E-state index in [1.807, 2.05) is 6.07 Å². The lowest BCUT2D eigenvalue weighted by Gasteiger charge is -2.19. The molecule has 0 radical (unpaired) electrons. The van der Waals surface area contributed by atoms with Gasteiger partial charge in [-0.2, -0.15) is 0 Å². The number of ether oxygens (including phenoxy) is 1. The third-order valence-corrected chi connectivity index (χ3v) is 2.42. The van der Waals surface area contributed by atoms with Crippen molar-refractivity contribution in [1.29, 1.82) is 0 Å². The number of benzene rings is 1. The van der Waals surface area contributed by atoms with Gasteiger partial charge in [0.2, 0.25) is 0 Å². The summed E-state index contributed by atoms with van der Waals surface area (Å²) in [7, 11) is 1.69. The Bertz CT molecular complexity index is 317. The molecule has 2 unspecified atom stereocenters. The quantitative estimate of drug-likeness (QED) is 0.802. The molecule has 2 atom stereocenters. The Labute approximate surface area is 96.8 Å². The van der Waals surface area contributed by atoms with Gasteiger partial charge in [-0.15, -0.1) is 0 Å². The molecule has 0 heterocycles. The van der Waals surface area contributed by atoms with Crippen LogP contribution in [0.5, 0.6) is 0 Å². The number of rotatable bonds is 6. The van der Waals surface area contributed by atoms with Gasteiger partial charge in [-0.25, -0.2) is 4.39 Å². The van der Waals surface area contributed by atoms with Crippen LogP contribution in [0.2, 0.25) is 0 Å². The molecule has 0 aliphatic carbocycles. The van der Waals surface area contributed by atoms with Crippen LogP contribution in [-0.2, 0) is 11.2 Å². The summed E-state index contributed by atoms with van der Waals surface area (Å²) < 4.78 is 18.0. The predicted molar refractivity (Wildman–Crippen MR) is 64.0 cm³/mol. The Morgan fingerprint density at radius 1 is 1.31 bits per heavy atom. The lowest BCUT2D eigenvalue weighted by atomic mass is 10.1. The fourth-order valence-electron chi connectivity index (χ4n) is 1.86. The van der Waals surface area contributed by atoms with Crippen molar-refractivity contribution in [3.05, 3.63) is 35.6 Å². The van der Waals surface area contributed by atoms with Gasteiger partial charge in [0.15, 0.2) is 0 Å². The molecule has 0 spiro atoms. The molecule has 1 rings (SSSR count). The second kappa shape index (κ2) is 6.61. The zero-order valence-corrected chi connectivity index (χ0v) is 10.2.